The van der Waals surface area contributed by atoms with Crippen molar-refractivity contribution in [2.45, 2.75) is 25.3 Å². The molecule has 1 aliphatic carbocycles. The zero-order chi connectivity index (χ0) is 15.5. The Hall–Kier alpha value is -2.63. The molecule has 6 nitrogen and oxygen atoms in total. The molecule has 2 N–H and O–H groups in total. The quantitative estimate of drug-likeness (QED) is 0.902. The lowest BCUT2D eigenvalue weighted by Crippen LogP contribution is -2.34. The van der Waals surface area contributed by atoms with Crippen LogP contribution >= 0.6 is 0 Å². The lowest BCUT2D eigenvalue weighted by atomic mass is 10.1. The van der Waals surface area contributed by atoms with E-state index in [9.17, 15) is 9.59 Å². The summed E-state index contributed by atoms with van der Waals surface area (Å²) in [7, 11) is 0. The highest BCUT2D eigenvalue weighted by atomic mass is 16.4. The molecule has 1 aliphatic rings. The van der Waals surface area contributed by atoms with Crippen molar-refractivity contribution in [2.75, 3.05) is 0 Å². The van der Waals surface area contributed by atoms with E-state index < -0.39 is 5.97 Å². The number of amides is 1. The van der Waals surface area contributed by atoms with Crippen LogP contribution in [-0.2, 0) is 4.79 Å². The molecule has 0 unspecified atom stereocenters. The Morgan fingerprint density at radius 1 is 1.23 bits per heavy atom. The third kappa shape index (κ3) is 2.86. The first-order chi connectivity index (χ1) is 10.6. The molecule has 1 aromatic carbocycles. The molecule has 0 bridgehead atoms. The molecule has 114 valence electrons. The predicted molar refractivity (Wildman–Crippen MR) is 79.8 cm³/mol. The van der Waals surface area contributed by atoms with Gasteiger partial charge in [-0.2, -0.15) is 5.10 Å². The van der Waals surface area contributed by atoms with Crippen molar-refractivity contribution in [3.05, 3.63) is 48.3 Å². The Bertz CT molecular complexity index is 682. The van der Waals surface area contributed by atoms with Gasteiger partial charge in [0, 0.05) is 18.4 Å². The van der Waals surface area contributed by atoms with E-state index >= 15 is 0 Å². The van der Waals surface area contributed by atoms with Crippen LogP contribution in [-0.4, -0.2) is 32.8 Å². The Kier molecular flexibility index (Phi) is 3.91. The zero-order valence-corrected chi connectivity index (χ0v) is 12.0. The van der Waals surface area contributed by atoms with E-state index in [1.165, 1.54) is 0 Å². The average molecular weight is 299 g/mol. The highest BCUT2D eigenvalue weighted by molar-refractivity contribution is 5.98. The number of para-hydroxylation sites is 1. The second-order valence-electron chi connectivity index (χ2n) is 5.49. The van der Waals surface area contributed by atoms with Crippen molar-refractivity contribution >= 4 is 11.9 Å². The number of aromatic nitrogens is 2. The number of carboxylic acid groups (broad SMARTS) is 1. The fraction of sp³-hybridized carbons (Fsp3) is 0.312. The summed E-state index contributed by atoms with van der Waals surface area (Å²) in [6.45, 7) is 0. The van der Waals surface area contributed by atoms with Crippen LogP contribution in [0, 0.1) is 5.92 Å². The minimum Gasteiger partial charge on any atom is -0.481 e. The molecule has 22 heavy (non-hydrogen) atoms. The summed E-state index contributed by atoms with van der Waals surface area (Å²) in [6, 6.07) is 8.94. The number of hydrogen-bond acceptors (Lipinski definition) is 3. The van der Waals surface area contributed by atoms with Gasteiger partial charge in [-0.1, -0.05) is 12.1 Å². The van der Waals surface area contributed by atoms with E-state index in [1.54, 1.807) is 35.3 Å². The van der Waals surface area contributed by atoms with Gasteiger partial charge in [0.2, 0.25) is 0 Å². The zero-order valence-electron chi connectivity index (χ0n) is 12.0. The lowest BCUT2D eigenvalue weighted by Gasteiger charge is -2.14. The predicted octanol–water partition coefficient (Wildman–Crippen LogP) is 1.86. The minimum atomic E-state index is -0.784. The Morgan fingerprint density at radius 3 is 2.73 bits per heavy atom. The maximum Gasteiger partial charge on any atom is 0.306 e. The molecule has 0 spiro atoms. The van der Waals surface area contributed by atoms with Gasteiger partial charge in [-0.15, -0.1) is 0 Å². The molecular weight excluding hydrogens is 282 g/mol. The van der Waals surface area contributed by atoms with Crippen molar-refractivity contribution in [2.24, 2.45) is 5.92 Å². The number of aliphatic carboxylic acids is 1. The van der Waals surface area contributed by atoms with Crippen LogP contribution in [0.25, 0.3) is 5.69 Å². The van der Waals surface area contributed by atoms with Crippen LogP contribution in [0.15, 0.2) is 42.7 Å². The number of carbonyl (C=O) groups excluding carboxylic acids is 1. The molecule has 3 rings (SSSR count). The van der Waals surface area contributed by atoms with Crippen molar-refractivity contribution in [1.29, 1.82) is 0 Å². The fourth-order valence-corrected chi connectivity index (χ4v) is 2.88. The number of carboxylic acids is 1. The van der Waals surface area contributed by atoms with E-state index in [0.717, 1.165) is 0 Å². The van der Waals surface area contributed by atoms with Crippen LogP contribution in [0.4, 0.5) is 0 Å². The molecular formula is C16H17N3O3. The SMILES string of the molecule is O=C(N[C@@H]1CC[C@H](C(=O)O)C1)c1ccccc1-n1cccn1. The maximum absolute atomic E-state index is 12.5. The molecule has 2 atom stereocenters. The summed E-state index contributed by atoms with van der Waals surface area (Å²) in [5, 5.41) is 16.1. The van der Waals surface area contributed by atoms with Gasteiger partial charge in [0.05, 0.1) is 17.2 Å². The standard InChI is InChI=1S/C16H17N3O3/c20-15(18-12-7-6-11(10-12)16(21)22)13-4-1-2-5-14(13)19-9-3-8-17-19/h1-5,8-9,11-12H,6-7,10H2,(H,18,20)(H,21,22)/t11-,12+/m0/s1. The summed E-state index contributed by atoms with van der Waals surface area (Å²) < 4.78 is 1.64. The van der Waals surface area contributed by atoms with Gasteiger partial charge < -0.3 is 10.4 Å². The van der Waals surface area contributed by atoms with Gasteiger partial charge in [0.15, 0.2) is 0 Å². The van der Waals surface area contributed by atoms with Crippen molar-refractivity contribution in [3.63, 3.8) is 0 Å². The van der Waals surface area contributed by atoms with Crippen LogP contribution in [0.3, 0.4) is 0 Å². The van der Waals surface area contributed by atoms with Gasteiger partial charge in [-0.05, 0) is 37.5 Å². The van der Waals surface area contributed by atoms with Crippen molar-refractivity contribution < 1.29 is 14.7 Å². The number of nitrogens with zero attached hydrogens (tertiary/aromatic N) is 2. The molecule has 1 saturated carbocycles. The van der Waals surface area contributed by atoms with Gasteiger partial charge in [0.1, 0.15) is 0 Å². The molecule has 1 fully saturated rings. The molecule has 0 radical (unpaired) electrons. The number of benzene rings is 1. The lowest BCUT2D eigenvalue weighted by molar-refractivity contribution is -0.141. The summed E-state index contributed by atoms with van der Waals surface area (Å²) in [5.41, 5.74) is 1.24. The summed E-state index contributed by atoms with van der Waals surface area (Å²) in [6.07, 6.45) is 5.24. The third-order valence-corrected chi connectivity index (χ3v) is 4.02. The summed E-state index contributed by atoms with van der Waals surface area (Å²) >= 11 is 0. The van der Waals surface area contributed by atoms with Gasteiger partial charge in [-0.3, -0.25) is 9.59 Å². The van der Waals surface area contributed by atoms with Crippen LogP contribution in [0.5, 0.6) is 0 Å². The van der Waals surface area contributed by atoms with Crippen molar-refractivity contribution in [3.8, 4) is 5.69 Å². The normalized spacial score (nSPS) is 20.7. The Labute approximate surface area is 127 Å². The number of hydrogen-bond donors (Lipinski definition) is 2. The largest absolute Gasteiger partial charge is 0.481 e. The van der Waals surface area contributed by atoms with Crippen LogP contribution < -0.4 is 5.32 Å². The minimum absolute atomic E-state index is 0.0840. The highest BCUT2D eigenvalue weighted by Gasteiger charge is 2.31. The number of carbonyl (C=O) groups is 2. The van der Waals surface area contributed by atoms with Gasteiger partial charge >= 0.3 is 5.97 Å². The van der Waals surface area contributed by atoms with E-state index in [4.69, 9.17) is 5.11 Å². The Morgan fingerprint density at radius 2 is 2.05 bits per heavy atom. The van der Waals surface area contributed by atoms with Gasteiger partial charge in [-0.25, -0.2) is 4.68 Å². The summed E-state index contributed by atoms with van der Waals surface area (Å²) in [4.78, 5) is 23.5. The second-order valence-corrected chi connectivity index (χ2v) is 5.49. The second kappa shape index (κ2) is 6.01. The maximum atomic E-state index is 12.5. The number of rotatable bonds is 4. The Balaban J connectivity index is 1.75. The molecule has 2 aromatic rings. The topological polar surface area (TPSA) is 84.2 Å². The molecule has 0 saturated heterocycles. The molecule has 1 aromatic heterocycles. The molecule has 1 amide bonds. The van der Waals surface area contributed by atoms with Crippen LogP contribution in [0.1, 0.15) is 29.6 Å². The van der Waals surface area contributed by atoms with E-state index in [1.807, 2.05) is 12.1 Å². The average Bonchev–Trinajstić information content (AvgIpc) is 3.18. The monoisotopic (exact) mass is 299 g/mol. The first kappa shape index (κ1) is 14.3. The number of nitrogens with one attached hydrogen (secondary N) is 1. The molecule has 1 heterocycles. The smallest absolute Gasteiger partial charge is 0.306 e. The third-order valence-electron chi connectivity index (χ3n) is 4.02. The summed E-state index contributed by atoms with van der Waals surface area (Å²) in [5.74, 6) is -1.33. The van der Waals surface area contributed by atoms with Crippen LogP contribution in [0.2, 0.25) is 0 Å². The fourth-order valence-electron chi connectivity index (χ4n) is 2.88. The molecule has 6 heteroatoms. The van der Waals surface area contributed by atoms with E-state index in [0.29, 0.717) is 30.5 Å². The van der Waals surface area contributed by atoms with E-state index in [2.05, 4.69) is 10.4 Å². The molecule has 0 aliphatic heterocycles. The van der Waals surface area contributed by atoms with E-state index in [-0.39, 0.29) is 17.9 Å². The van der Waals surface area contributed by atoms with Crippen molar-refractivity contribution in [1.82, 2.24) is 15.1 Å². The van der Waals surface area contributed by atoms with Gasteiger partial charge in [0.25, 0.3) is 5.91 Å². The first-order valence-electron chi connectivity index (χ1n) is 7.28. The first-order valence-corrected chi connectivity index (χ1v) is 7.28. The highest BCUT2D eigenvalue weighted by Crippen LogP contribution is 2.26.